The Labute approximate surface area is 126 Å². The first-order valence-corrected chi connectivity index (χ1v) is 7.78. The lowest BCUT2D eigenvalue weighted by Crippen LogP contribution is -2.26. The van der Waals surface area contributed by atoms with Crippen molar-refractivity contribution in [2.45, 2.75) is 39.2 Å². The zero-order chi connectivity index (χ0) is 15.2. The van der Waals surface area contributed by atoms with Crippen LogP contribution in [0.4, 0.5) is 17.8 Å². The van der Waals surface area contributed by atoms with Crippen molar-refractivity contribution in [1.29, 1.82) is 0 Å². The fourth-order valence-electron chi connectivity index (χ4n) is 2.68. The smallest absolute Gasteiger partial charge is 0.231 e. The predicted molar refractivity (Wildman–Crippen MR) is 84.8 cm³/mol. The van der Waals surface area contributed by atoms with Crippen LogP contribution in [-0.4, -0.2) is 52.8 Å². The number of nitrogens with zero attached hydrogens (tertiary/aromatic N) is 4. The van der Waals surface area contributed by atoms with E-state index in [1.807, 2.05) is 0 Å². The fourth-order valence-corrected chi connectivity index (χ4v) is 2.68. The van der Waals surface area contributed by atoms with E-state index in [1.165, 1.54) is 0 Å². The molecule has 0 bridgehead atoms. The molecule has 0 radical (unpaired) electrons. The van der Waals surface area contributed by atoms with Gasteiger partial charge < -0.3 is 20.6 Å². The highest BCUT2D eigenvalue weighted by Crippen LogP contribution is 2.25. The van der Waals surface area contributed by atoms with Gasteiger partial charge in [-0.3, -0.25) is 0 Å². The first kappa shape index (κ1) is 15.8. The zero-order valence-electron chi connectivity index (χ0n) is 13.1. The number of aliphatic hydroxyl groups is 1. The van der Waals surface area contributed by atoms with E-state index in [9.17, 15) is 5.11 Å². The third kappa shape index (κ3) is 3.93. The SMILES string of the molecule is CCN(CC)c1nc(NC)nc(NCC2CCCC2O)n1. The quantitative estimate of drug-likeness (QED) is 0.699. The summed E-state index contributed by atoms with van der Waals surface area (Å²) in [6.07, 6.45) is 2.85. The molecule has 2 unspecified atom stereocenters. The molecule has 7 heteroatoms. The highest BCUT2D eigenvalue weighted by Gasteiger charge is 2.25. The van der Waals surface area contributed by atoms with Gasteiger partial charge in [-0.2, -0.15) is 15.0 Å². The molecule has 1 aliphatic carbocycles. The van der Waals surface area contributed by atoms with E-state index in [0.29, 0.717) is 24.4 Å². The number of rotatable bonds is 7. The van der Waals surface area contributed by atoms with Gasteiger partial charge in [-0.25, -0.2) is 0 Å². The maximum Gasteiger partial charge on any atom is 0.231 e. The molecule has 3 N–H and O–H groups in total. The number of aromatic nitrogens is 3. The van der Waals surface area contributed by atoms with Gasteiger partial charge in [-0.1, -0.05) is 6.42 Å². The third-order valence-electron chi connectivity index (χ3n) is 4.03. The summed E-state index contributed by atoms with van der Waals surface area (Å²) in [7, 11) is 1.80. The Morgan fingerprint density at radius 3 is 2.43 bits per heavy atom. The standard InChI is InChI=1S/C14H26N6O/c1-4-20(5-2)14-18-12(15-3)17-13(19-14)16-9-10-7-6-8-11(10)21/h10-11,21H,4-9H2,1-3H3,(H2,15,16,17,18,19). The molecule has 0 aromatic carbocycles. The Hall–Kier alpha value is -1.63. The predicted octanol–water partition coefficient (Wildman–Crippen LogP) is 1.33. The molecule has 2 rings (SSSR count). The van der Waals surface area contributed by atoms with Crippen LogP contribution in [0.15, 0.2) is 0 Å². The van der Waals surface area contributed by atoms with Crippen LogP contribution >= 0.6 is 0 Å². The number of nitrogens with one attached hydrogen (secondary N) is 2. The van der Waals surface area contributed by atoms with Crippen LogP contribution in [0.25, 0.3) is 0 Å². The van der Waals surface area contributed by atoms with Gasteiger partial charge >= 0.3 is 0 Å². The van der Waals surface area contributed by atoms with Crippen LogP contribution < -0.4 is 15.5 Å². The molecule has 2 atom stereocenters. The lowest BCUT2D eigenvalue weighted by Gasteiger charge is -2.20. The molecule has 1 aromatic rings. The molecule has 1 aliphatic rings. The highest BCUT2D eigenvalue weighted by molar-refractivity contribution is 5.43. The summed E-state index contributed by atoms with van der Waals surface area (Å²) in [5, 5.41) is 16.1. The van der Waals surface area contributed by atoms with Crippen molar-refractivity contribution in [3.63, 3.8) is 0 Å². The van der Waals surface area contributed by atoms with Crippen molar-refractivity contribution in [1.82, 2.24) is 15.0 Å². The summed E-state index contributed by atoms with van der Waals surface area (Å²) in [5.74, 6) is 2.09. The molecule has 118 valence electrons. The molecule has 1 aromatic heterocycles. The van der Waals surface area contributed by atoms with Crippen molar-refractivity contribution in [2.24, 2.45) is 5.92 Å². The van der Waals surface area contributed by atoms with E-state index in [0.717, 1.165) is 32.4 Å². The number of hydrogen-bond acceptors (Lipinski definition) is 7. The maximum atomic E-state index is 9.87. The molecule has 0 spiro atoms. The first-order chi connectivity index (χ1) is 10.2. The average molecular weight is 294 g/mol. The highest BCUT2D eigenvalue weighted by atomic mass is 16.3. The number of aliphatic hydroxyl groups excluding tert-OH is 1. The Bertz CT molecular complexity index is 451. The summed E-state index contributed by atoms with van der Waals surface area (Å²) in [6.45, 7) is 6.56. The van der Waals surface area contributed by atoms with Crippen LogP contribution in [0.5, 0.6) is 0 Å². The zero-order valence-corrected chi connectivity index (χ0v) is 13.1. The Balaban J connectivity index is 2.08. The minimum atomic E-state index is -0.203. The summed E-state index contributed by atoms with van der Waals surface area (Å²) in [5.41, 5.74) is 0. The van der Waals surface area contributed by atoms with Crippen LogP contribution in [0.3, 0.4) is 0 Å². The van der Waals surface area contributed by atoms with Crippen LogP contribution in [-0.2, 0) is 0 Å². The minimum Gasteiger partial charge on any atom is -0.393 e. The second-order valence-corrected chi connectivity index (χ2v) is 5.34. The molecular formula is C14H26N6O. The third-order valence-corrected chi connectivity index (χ3v) is 4.03. The van der Waals surface area contributed by atoms with Gasteiger partial charge in [0, 0.05) is 32.6 Å². The van der Waals surface area contributed by atoms with Crippen LogP contribution in [0.1, 0.15) is 33.1 Å². The Morgan fingerprint density at radius 1 is 1.14 bits per heavy atom. The van der Waals surface area contributed by atoms with Crippen molar-refractivity contribution < 1.29 is 5.11 Å². The van der Waals surface area contributed by atoms with E-state index < -0.39 is 0 Å². The summed E-state index contributed by atoms with van der Waals surface area (Å²) in [4.78, 5) is 15.3. The van der Waals surface area contributed by atoms with Crippen LogP contribution in [0, 0.1) is 5.92 Å². The van der Waals surface area contributed by atoms with E-state index in [1.54, 1.807) is 7.05 Å². The van der Waals surface area contributed by atoms with Gasteiger partial charge in [0.25, 0.3) is 0 Å². The molecule has 0 aliphatic heterocycles. The summed E-state index contributed by atoms with van der Waals surface area (Å²) >= 11 is 0. The fraction of sp³-hybridized carbons (Fsp3) is 0.786. The Kier molecular flexibility index (Phi) is 5.55. The minimum absolute atomic E-state index is 0.203. The summed E-state index contributed by atoms with van der Waals surface area (Å²) < 4.78 is 0. The Morgan fingerprint density at radius 2 is 1.86 bits per heavy atom. The van der Waals surface area contributed by atoms with Gasteiger partial charge in [0.2, 0.25) is 17.8 Å². The first-order valence-electron chi connectivity index (χ1n) is 7.78. The number of anilines is 3. The molecule has 21 heavy (non-hydrogen) atoms. The molecule has 1 fully saturated rings. The van der Waals surface area contributed by atoms with Gasteiger partial charge in [-0.15, -0.1) is 0 Å². The van der Waals surface area contributed by atoms with Gasteiger partial charge in [0.15, 0.2) is 0 Å². The van der Waals surface area contributed by atoms with Crippen molar-refractivity contribution in [3.05, 3.63) is 0 Å². The molecule has 1 saturated carbocycles. The van der Waals surface area contributed by atoms with Gasteiger partial charge in [0.1, 0.15) is 0 Å². The molecule has 1 heterocycles. The van der Waals surface area contributed by atoms with Gasteiger partial charge in [-0.05, 0) is 26.7 Å². The second-order valence-electron chi connectivity index (χ2n) is 5.34. The topological polar surface area (TPSA) is 86.2 Å². The van der Waals surface area contributed by atoms with Crippen LogP contribution in [0.2, 0.25) is 0 Å². The van der Waals surface area contributed by atoms with Gasteiger partial charge in [0.05, 0.1) is 6.10 Å². The maximum absolute atomic E-state index is 9.87. The van der Waals surface area contributed by atoms with E-state index >= 15 is 0 Å². The molecule has 0 saturated heterocycles. The lowest BCUT2D eigenvalue weighted by atomic mass is 10.1. The summed E-state index contributed by atoms with van der Waals surface area (Å²) in [6, 6.07) is 0. The average Bonchev–Trinajstić information content (AvgIpc) is 2.91. The van der Waals surface area contributed by atoms with Crippen molar-refractivity contribution >= 4 is 17.8 Å². The monoisotopic (exact) mass is 294 g/mol. The number of hydrogen-bond donors (Lipinski definition) is 3. The van der Waals surface area contributed by atoms with E-state index in [-0.39, 0.29) is 12.0 Å². The van der Waals surface area contributed by atoms with Crippen molar-refractivity contribution in [2.75, 3.05) is 42.2 Å². The lowest BCUT2D eigenvalue weighted by molar-refractivity contribution is 0.138. The molecule has 7 nitrogen and oxygen atoms in total. The molecular weight excluding hydrogens is 268 g/mol. The second kappa shape index (κ2) is 7.40. The van der Waals surface area contributed by atoms with Crippen molar-refractivity contribution in [3.8, 4) is 0 Å². The van der Waals surface area contributed by atoms with E-state index in [2.05, 4.69) is 44.3 Å². The normalized spacial score (nSPS) is 21.3. The largest absolute Gasteiger partial charge is 0.393 e. The molecule has 0 amide bonds. The van der Waals surface area contributed by atoms with E-state index in [4.69, 9.17) is 0 Å².